The number of rotatable bonds is 7. The first-order valence-corrected chi connectivity index (χ1v) is 6.59. The number of aliphatic hydroxyl groups excluding tert-OH is 2. The maximum absolute atomic E-state index is 9.21. The molecule has 0 saturated carbocycles. The van der Waals surface area contributed by atoms with Gasteiger partial charge in [-0.15, -0.1) is 0 Å². The molecule has 4 nitrogen and oxygen atoms in total. The molecule has 1 heterocycles. The molecule has 3 atom stereocenters. The molecule has 102 valence electrons. The van der Waals surface area contributed by atoms with E-state index < -0.39 is 5.79 Å². The first kappa shape index (κ1) is 14.9. The Labute approximate surface area is 104 Å². The highest BCUT2D eigenvalue weighted by atomic mass is 16.8. The van der Waals surface area contributed by atoms with E-state index in [-0.39, 0.29) is 24.9 Å². The number of aliphatic hydroxyl groups is 2. The normalized spacial score (nSPS) is 29.5. The summed E-state index contributed by atoms with van der Waals surface area (Å²) in [6.45, 7) is 5.59. The Morgan fingerprint density at radius 1 is 1.12 bits per heavy atom. The van der Waals surface area contributed by atoms with Gasteiger partial charge in [0.15, 0.2) is 5.79 Å². The lowest BCUT2D eigenvalue weighted by atomic mass is 10.0. The molecule has 17 heavy (non-hydrogen) atoms. The standard InChI is InChI=1S/C13H26O4/c1-10(15)7-5-4-6-8-11-12(9-14)17-13(2,3)16-11/h10-12,14-15H,4-9H2,1-3H3/t10-,11+,12-/m1/s1. The van der Waals surface area contributed by atoms with Crippen LogP contribution in [0, 0.1) is 0 Å². The van der Waals surface area contributed by atoms with Crippen LogP contribution in [0.15, 0.2) is 0 Å². The fourth-order valence-electron chi connectivity index (χ4n) is 2.27. The number of unbranched alkanes of at least 4 members (excludes halogenated alkanes) is 2. The molecule has 4 heteroatoms. The molecule has 0 radical (unpaired) electrons. The molecule has 0 aromatic rings. The fourth-order valence-corrected chi connectivity index (χ4v) is 2.27. The lowest BCUT2D eigenvalue weighted by molar-refractivity contribution is -0.149. The monoisotopic (exact) mass is 246 g/mol. The topological polar surface area (TPSA) is 58.9 Å². The van der Waals surface area contributed by atoms with Crippen LogP contribution >= 0.6 is 0 Å². The van der Waals surface area contributed by atoms with Gasteiger partial charge >= 0.3 is 0 Å². The SMILES string of the molecule is C[C@@H](O)CCCCC[C@@H]1OC(C)(C)O[C@@H]1CO. The fraction of sp³-hybridized carbons (Fsp3) is 1.00. The van der Waals surface area contributed by atoms with E-state index in [4.69, 9.17) is 14.6 Å². The van der Waals surface area contributed by atoms with E-state index in [0.717, 1.165) is 32.1 Å². The second kappa shape index (κ2) is 6.69. The van der Waals surface area contributed by atoms with Gasteiger partial charge in [0.05, 0.1) is 18.8 Å². The second-order valence-electron chi connectivity index (χ2n) is 5.38. The molecule has 1 aliphatic heterocycles. The summed E-state index contributed by atoms with van der Waals surface area (Å²) < 4.78 is 11.3. The summed E-state index contributed by atoms with van der Waals surface area (Å²) in [6.07, 6.45) is 4.55. The van der Waals surface area contributed by atoms with E-state index in [1.165, 1.54) is 0 Å². The van der Waals surface area contributed by atoms with E-state index in [0.29, 0.717) is 0 Å². The third kappa shape index (κ3) is 5.34. The summed E-state index contributed by atoms with van der Waals surface area (Å²) in [5, 5.41) is 18.3. The van der Waals surface area contributed by atoms with Gasteiger partial charge in [0, 0.05) is 0 Å². The smallest absolute Gasteiger partial charge is 0.163 e. The highest BCUT2D eigenvalue weighted by Crippen LogP contribution is 2.30. The van der Waals surface area contributed by atoms with Crippen molar-refractivity contribution >= 4 is 0 Å². The zero-order valence-electron chi connectivity index (χ0n) is 11.2. The largest absolute Gasteiger partial charge is 0.394 e. The van der Waals surface area contributed by atoms with Gasteiger partial charge in [0.25, 0.3) is 0 Å². The first-order chi connectivity index (χ1) is 7.94. The predicted molar refractivity (Wildman–Crippen MR) is 65.7 cm³/mol. The molecule has 0 aromatic carbocycles. The van der Waals surface area contributed by atoms with Crippen LogP contribution in [0.3, 0.4) is 0 Å². The van der Waals surface area contributed by atoms with Crippen molar-refractivity contribution in [3.8, 4) is 0 Å². The summed E-state index contributed by atoms with van der Waals surface area (Å²) in [4.78, 5) is 0. The van der Waals surface area contributed by atoms with Gasteiger partial charge in [-0.05, 0) is 33.6 Å². The highest BCUT2D eigenvalue weighted by Gasteiger charge is 2.40. The zero-order chi connectivity index (χ0) is 12.9. The molecule has 0 spiro atoms. The molecule has 0 aromatic heterocycles. The van der Waals surface area contributed by atoms with Crippen LogP contribution in [-0.4, -0.2) is 40.9 Å². The molecule has 0 amide bonds. The van der Waals surface area contributed by atoms with Crippen molar-refractivity contribution in [3.63, 3.8) is 0 Å². The summed E-state index contributed by atoms with van der Waals surface area (Å²) in [7, 11) is 0. The minimum atomic E-state index is -0.572. The van der Waals surface area contributed by atoms with E-state index in [1.54, 1.807) is 0 Å². The quantitative estimate of drug-likeness (QED) is 0.673. The average molecular weight is 246 g/mol. The Kier molecular flexibility index (Phi) is 5.86. The van der Waals surface area contributed by atoms with Gasteiger partial charge in [0.2, 0.25) is 0 Å². The van der Waals surface area contributed by atoms with Crippen LogP contribution in [0.1, 0.15) is 52.9 Å². The minimum absolute atomic E-state index is 0.00144. The van der Waals surface area contributed by atoms with Crippen LogP contribution in [-0.2, 0) is 9.47 Å². The van der Waals surface area contributed by atoms with E-state index in [9.17, 15) is 5.11 Å². The van der Waals surface area contributed by atoms with Crippen LogP contribution in [0.5, 0.6) is 0 Å². The molecule has 1 saturated heterocycles. The Morgan fingerprint density at radius 3 is 2.35 bits per heavy atom. The summed E-state index contributed by atoms with van der Waals surface area (Å²) in [5.74, 6) is -0.572. The van der Waals surface area contributed by atoms with Crippen molar-refractivity contribution < 1.29 is 19.7 Å². The second-order valence-corrected chi connectivity index (χ2v) is 5.38. The molecule has 0 aliphatic carbocycles. The number of hydrogen-bond donors (Lipinski definition) is 2. The minimum Gasteiger partial charge on any atom is -0.394 e. The molecule has 0 unspecified atom stereocenters. The molecule has 1 rings (SSSR count). The lowest BCUT2D eigenvalue weighted by Crippen LogP contribution is -2.26. The maximum atomic E-state index is 9.21. The van der Waals surface area contributed by atoms with E-state index >= 15 is 0 Å². The predicted octanol–water partition coefficient (Wildman–Crippen LogP) is 1.83. The highest BCUT2D eigenvalue weighted by molar-refractivity contribution is 4.80. The number of ether oxygens (including phenoxy) is 2. The Balaban J connectivity index is 2.18. The van der Waals surface area contributed by atoms with Crippen molar-refractivity contribution in [1.82, 2.24) is 0 Å². The third-order valence-electron chi connectivity index (χ3n) is 3.08. The van der Waals surface area contributed by atoms with Gasteiger partial charge < -0.3 is 19.7 Å². The van der Waals surface area contributed by atoms with Gasteiger partial charge in [0.1, 0.15) is 6.10 Å². The Morgan fingerprint density at radius 2 is 1.76 bits per heavy atom. The van der Waals surface area contributed by atoms with E-state index in [2.05, 4.69) is 0 Å². The molecular weight excluding hydrogens is 220 g/mol. The van der Waals surface area contributed by atoms with Gasteiger partial charge in [-0.2, -0.15) is 0 Å². The molecule has 1 aliphatic rings. The van der Waals surface area contributed by atoms with Crippen molar-refractivity contribution in [2.75, 3.05) is 6.61 Å². The van der Waals surface area contributed by atoms with Gasteiger partial charge in [-0.1, -0.05) is 19.3 Å². The van der Waals surface area contributed by atoms with E-state index in [1.807, 2.05) is 20.8 Å². The third-order valence-corrected chi connectivity index (χ3v) is 3.08. The first-order valence-electron chi connectivity index (χ1n) is 6.59. The van der Waals surface area contributed by atoms with Crippen LogP contribution in [0.2, 0.25) is 0 Å². The van der Waals surface area contributed by atoms with Crippen LogP contribution < -0.4 is 0 Å². The van der Waals surface area contributed by atoms with Crippen LogP contribution in [0.4, 0.5) is 0 Å². The molecule has 0 bridgehead atoms. The van der Waals surface area contributed by atoms with Crippen LogP contribution in [0.25, 0.3) is 0 Å². The summed E-state index contributed by atoms with van der Waals surface area (Å²) >= 11 is 0. The van der Waals surface area contributed by atoms with Gasteiger partial charge in [-0.3, -0.25) is 0 Å². The lowest BCUT2D eigenvalue weighted by Gasteiger charge is -2.16. The van der Waals surface area contributed by atoms with Crippen molar-refractivity contribution in [2.24, 2.45) is 0 Å². The van der Waals surface area contributed by atoms with Crippen molar-refractivity contribution in [1.29, 1.82) is 0 Å². The molecular formula is C13H26O4. The summed E-state index contributed by atoms with van der Waals surface area (Å²) in [6, 6.07) is 0. The molecule has 2 N–H and O–H groups in total. The summed E-state index contributed by atoms with van der Waals surface area (Å²) in [5.41, 5.74) is 0. The Bertz CT molecular complexity index is 215. The maximum Gasteiger partial charge on any atom is 0.163 e. The van der Waals surface area contributed by atoms with Gasteiger partial charge in [-0.25, -0.2) is 0 Å². The van der Waals surface area contributed by atoms with Crippen molar-refractivity contribution in [2.45, 2.75) is 77.0 Å². The van der Waals surface area contributed by atoms with Crippen molar-refractivity contribution in [3.05, 3.63) is 0 Å². The molecule has 1 fully saturated rings. The average Bonchev–Trinajstić information content (AvgIpc) is 2.52. The Hall–Kier alpha value is -0.160. The zero-order valence-corrected chi connectivity index (χ0v) is 11.2. The number of hydrogen-bond acceptors (Lipinski definition) is 4.